The number of amides is 1. The smallest absolute Gasteiger partial charge is 0.341 e. The van der Waals surface area contributed by atoms with Gasteiger partial charge in [0, 0.05) is 16.5 Å². The van der Waals surface area contributed by atoms with Crippen LogP contribution in [-0.2, 0) is 14.3 Å². The third-order valence-corrected chi connectivity index (χ3v) is 5.30. The van der Waals surface area contributed by atoms with Crippen LogP contribution >= 0.6 is 11.3 Å². The summed E-state index contributed by atoms with van der Waals surface area (Å²) in [5.41, 5.74) is 0.906. The van der Waals surface area contributed by atoms with Gasteiger partial charge in [0.25, 0.3) is 11.6 Å². The van der Waals surface area contributed by atoms with E-state index < -0.39 is 29.4 Å². The number of nitro groups is 1. The van der Waals surface area contributed by atoms with Crippen molar-refractivity contribution in [1.29, 1.82) is 0 Å². The number of esters is 2. The summed E-state index contributed by atoms with van der Waals surface area (Å²) in [4.78, 5) is 47.8. The number of rotatable bonds is 7. The highest BCUT2D eigenvalue weighted by atomic mass is 32.1. The number of hydrogen-bond donors (Lipinski definition) is 1. The number of aryl methyl sites for hydroxylation is 1. The fourth-order valence-electron chi connectivity index (χ4n) is 2.58. The van der Waals surface area contributed by atoms with Gasteiger partial charge in [0.15, 0.2) is 6.61 Å². The topological polar surface area (TPSA) is 125 Å². The molecule has 1 heterocycles. The summed E-state index contributed by atoms with van der Waals surface area (Å²) in [6.45, 7) is 6.25. The van der Waals surface area contributed by atoms with Crippen molar-refractivity contribution < 1.29 is 28.8 Å². The van der Waals surface area contributed by atoms with E-state index in [9.17, 15) is 24.5 Å². The summed E-state index contributed by atoms with van der Waals surface area (Å²) >= 11 is 1.21. The Morgan fingerprint density at radius 3 is 2.41 bits per heavy atom. The zero-order valence-electron chi connectivity index (χ0n) is 16.4. The van der Waals surface area contributed by atoms with Gasteiger partial charge in [-0.1, -0.05) is 6.07 Å². The fourth-order valence-corrected chi connectivity index (χ4v) is 3.64. The highest BCUT2D eigenvalue weighted by Crippen LogP contribution is 2.33. The molecule has 0 fully saturated rings. The Labute approximate surface area is 170 Å². The van der Waals surface area contributed by atoms with Crippen molar-refractivity contribution >= 4 is 39.9 Å². The molecule has 0 unspecified atom stereocenters. The molecule has 2 rings (SSSR count). The number of nitrogens with one attached hydrogen (secondary N) is 1. The van der Waals surface area contributed by atoms with Crippen LogP contribution in [-0.4, -0.2) is 36.0 Å². The lowest BCUT2D eigenvalue weighted by Gasteiger charge is -2.09. The van der Waals surface area contributed by atoms with E-state index in [2.05, 4.69) is 5.32 Å². The highest BCUT2D eigenvalue weighted by Gasteiger charge is 2.23. The molecule has 0 saturated carbocycles. The van der Waals surface area contributed by atoms with Gasteiger partial charge in [-0.2, -0.15) is 0 Å². The summed E-state index contributed by atoms with van der Waals surface area (Å²) in [5.74, 6) is -2.05. The molecule has 0 saturated heterocycles. The quantitative estimate of drug-likeness (QED) is 0.412. The predicted molar refractivity (Wildman–Crippen MR) is 106 cm³/mol. The molecule has 0 atom stereocenters. The Morgan fingerprint density at radius 2 is 1.79 bits per heavy atom. The number of anilines is 1. The lowest BCUT2D eigenvalue weighted by molar-refractivity contribution is -0.385. The molecule has 154 valence electrons. The molecular weight excluding hydrogens is 400 g/mol. The lowest BCUT2D eigenvalue weighted by Crippen LogP contribution is -2.22. The molecule has 1 aromatic carbocycles. The molecule has 2 aromatic rings. The second kappa shape index (κ2) is 9.28. The first-order valence-electron chi connectivity index (χ1n) is 8.65. The Hall–Kier alpha value is -3.27. The van der Waals surface area contributed by atoms with Crippen LogP contribution in [0.5, 0.6) is 0 Å². The van der Waals surface area contributed by atoms with Crippen LogP contribution < -0.4 is 5.32 Å². The summed E-state index contributed by atoms with van der Waals surface area (Å²) < 4.78 is 10.00. The van der Waals surface area contributed by atoms with E-state index in [1.165, 1.54) is 36.5 Å². The van der Waals surface area contributed by atoms with E-state index in [1.807, 2.05) is 6.92 Å². The summed E-state index contributed by atoms with van der Waals surface area (Å²) in [6.07, 6.45) is 0. The predicted octanol–water partition coefficient (Wildman–Crippen LogP) is 3.55. The van der Waals surface area contributed by atoms with Crippen LogP contribution in [0.4, 0.5) is 10.7 Å². The van der Waals surface area contributed by atoms with Gasteiger partial charge < -0.3 is 14.8 Å². The molecule has 1 N–H and O–H groups in total. The lowest BCUT2D eigenvalue weighted by atomic mass is 10.1. The first-order chi connectivity index (χ1) is 13.7. The molecule has 29 heavy (non-hydrogen) atoms. The average Bonchev–Trinajstić information content (AvgIpc) is 2.93. The molecule has 0 radical (unpaired) electrons. The van der Waals surface area contributed by atoms with Gasteiger partial charge >= 0.3 is 11.9 Å². The van der Waals surface area contributed by atoms with Gasteiger partial charge in [0.05, 0.1) is 22.7 Å². The van der Waals surface area contributed by atoms with Crippen molar-refractivity contribution in [2.24, 2.45) is 0 Å². The molecule has 0 bridgehead atoms. The van der Waals surface area contributed by atoms with Crippen molar-refractivity contribution in [3.8, 4) is 0 Å². The van der Waals surface area contributed by atoms with E-state index >= 15 is 0 Å². The van der Waals surface area contributed by atoms with Gasteiger partial charge in [-0.15, -0.1) is 11.3 Å². The molecular formula is C19H20N2O7S. The van der Waals surface area contributed by atoms with Gasteiger partial charge in [-0.3, -0.25) is 14.9 Å². The minimum Gasteiger partial charge on any atom is -0.462 e. The summed E-state index contributed by atoms with van der Waals surface area (Å²) in [6, 6.07) is 4.02. The first-order valence-corrected chi connectivity index (χ1v) is 9.47. The second-order valence-electron chi connectivity index (χ2n) is 6.04. The van der Waals surface area contributed by atoms with E-state index in [0.717, 1.165) is 4.88 Å². The zero-order valence-corrected chi connectivity index (χ0v) is 17.2. The second-order valence-corrected chi connectivity index (χ2v) is 7.26. The first kappa shape index (κ1) is 22.0. The molecule has 1 aromatic heterocycles. The number of ether oxygens (including phenoxy) is 2. The van der Waals surface area contributed by atoms with Crippen LogP contribution in [0.25, 0.3) is 0 Å². The molecule has 1 amide bonds. The molecule has 0 aliphatic carbocycles. The average molecular weight is 420 g/mol. The molecule has 0 spiro atoms. The van der Waals surface area contributed by atoms with Crippen molar-refractivity contribution in [1.82, 2.24) is 0 Å². The number of benzene rings is 1. The summed E-state index contributed by atoms with van der Waals surface area (Å²) in [7, 11) is 0. The van der Waals surface area contributed by atoms with E-state index in [-0.39, 0.29) is 29.0 Å². The third kappa shape index (κ3) is 4.96. The minimum atomic E-state index is -0.856. The van der Waals surface area contributed by atoms with Crippen molar-refractivity contribution in [3.63, 3.8) is 0 Å². The fraction of sp³-hybridized carbons (Fsp3) is 0.316. The SMILES string of the molecule is CCOC(=O)c1c(NC(=O)COC(=O)c2cccc([N+](=O)[O-])c2C)sc(C)c1C. The number of carbonyl (C=O) groups is 3. The number of hydrogen-bond acceptors (Lipinski definition) is 8. The maximum atomic E-state index is 12.2. The van der Waals surface area contributed by atoms with Crippen LogP contribution in [0.1, 0.15) is 43.6 Å². The normalized spacial score (nSPS) is 10.3. The van der Waals surface area contributed by atoms with E-state index in [4.69, 9.17) is 9.47 Å². The maximum Gasteiger partial charge on any atom is 0.341 e. The maximum absolute atomic E-state index is 12.2. The monoisotopic (exact) mass is 420 g/mol. The van der Waals surface area contributed by atoms with Crippen LogP contribution in [0.15, 0.2) is 18.2 Å². The van der Waals surface area contributed by atoms with E-state index in [0.29, 0.717) is 10.6 Å². The van der Waals surface area contributed by atoms with Crippen molar-refractivity contribution in [2.75, 3.05) is 18.5 Å². The number of nitro benzene ring substituents is 1. The van der Waals surface area contributed by atoms with Crippen molar-refractivity contribution in [2.45, 2.75) is 27.7 Å². The summed E-state index contributed by atoms with van der Waals surface area (Å²) in [5, 5.41) is 13.8. The van der Waals surface area contributed by atoms with Gasteiger partial charge in [-0.25, -0.2) is 9.59 Å². The van der Waals surface area contributed by atoms with Gasteiger partial charge in [0.1, 0.15) is 5.00 Å². The van der Waals surface area contributed by atoms with Crippen LogP contribution in [0, 0.1) is 30.9 Å². The van der Waals surface area contributed by atoms with Crippen molar-refractivity contribution in [3.05, 3.63) is 55.4 Å². The number of nitrogens with zero attached hydrogens (tertiary/aromatic N) is 1. The van der Waals surface area contributed by atoms with Crippen LogP contribution in [0.2, 0.25) is 0 Å². The Bertz CT molecular complexity index is 981. The van der Waals surface area contributed by atoms with Gasteiger partial charge in [-0.05, 0) is 39.3 Å². The highest BCUT2D eigenvalue weighted by molar-refractivity contribution is 7.16. The zero-order chi connectivity index (χ0) is 21.7. The molecule has 9 nitrogen and oxygen atoms in total. The minimum absolute atomic E-state index is 0.00188. The van der Waals surface area contributed by atoms with Crippen LogP contribution in [0.3, 0.4) is 0 Å². The Morgan fingerprint density at radius 1 is 1.10 bits per heavy atom. The molecule has 0 aliphatic rings. The number of carbonyl (C=O) groups excluding carboxylic acids is 3. The largest absolute Gasteiger partial charge is 0.462 e. The van der Waals surface area contributed by atoms with E-state index in [1.54, 1.807) is 13.8 Å². The number of thiophene rings is 1. The van der Waals surface area contributed by atoms with Gasteiger partial charge in [0.2, 0.25) is 0 Å². The molecule has 10 heteroatoms. The molecule has 0 aliphatic heterocycles. The Balaban J connectivity index is 2.09. The standard InChI is InChI=1S/C19H20N2O7S/c1-5-27-19(24)16-10(2)12(4)29-17(16)20-15(22)9-28-18(23)13-7-6-8-14(11(13)3)21(25)26/h6-8H,5,9H2,1-4H3,(H,20,22). The third-order valence-electron chi connectivity index (χ3n) is 4.17. The Kier molecular flexibility index (Phi) is 7.05.